The average Bonchev–Trinajstić information content (AvgIpc) is 3.68. The smallest absolute Gasteiger partial charge is 0.319 e. The quantitative estimate of drug-likeness (QED) is 0.231. The number of hydrogen-bond donors (Lipinski definition) is 1. The second kappa shape index (κ2) is 12.5. The van der Waals surface area contributed by atoms with Crippen LogP contribution >= 0.6 is 0 Å². The number of aryl methyl sites for hydroxylation is 1. The molecule has 0 radical (unpaired) electrons. The lowest BCUT2D eigenvalue weighted by atomic mass is 9.82. The molecule has 1 N–H and O–H groups in total. The fraction of sp³-hybridized carbons (Fsp3) is 0.526. The molecule has 1 saturated carbocycles. The first kappa shape index (κ1) is 33.0. The number of aromatic hydroxyl groups is 1. The van der Waals surface area contributed by atoms with Crippen LogP contribution in [0.15, 0.2) is 30.5 Å². The van der Waals surface area contributed by atoms with Crippen LogP contribution in [0.25, 0.3) is 32.9 Å². The van der Waals surface area contributed by atoms with Crippen molar-refractivity contribution in [3.05, 3.63) is 47.7 Å². The first-order chi connectivity index (χ1) is 24.0. The minimum Gasteiger partial charge on any atom is -0.508 e. The summed E-state index contributed by atoms with van der Waals surface area (Å²) in [6.07, 6.45) is 5.62. The van der Waals surface area contributed by atoms with Crippen molar-refractivity contribution < 1.29 is 27.8 Å². The number of aromatic nitrogens is 3. The Morgan fingerprint density at radius 2 is 1.90 bits per heavy atom. The maximum atomic E-state index is 17.0. The van der Waals surface area contributed by atoms with E-state index in [0.29, 0.717) is 66.4 Å². The number of halogens is 3. The van der Waals surface area contributed by atoms with Crippen molar-refractivity contribution in [3.8, 4) is 23.0 Å². The van der Waals surface area contributed by atoms with Crippen molar-refractivity contribution >= 4 is 33.4 Å². The fourth-order valence-electron chi connectivity index (χ4n) is 9.42. The zero-order chi connectivity index (χ0) is 34.9. The second-order valence-electron chi connectivity index (χ2n) is 15.0. The Labute approximate surface area is 289 Å². The minimum atomic E-state index is -0.927. The second-order valence-corrected chi connectivity index (χ2v) is 15.0. The molecular weight excluding hydrogens is 645 g/mol. The van der Waals surface area contributed by atoms with Crippen LogP contribution in [0.2, 0.25) is 0 Å². The van der Waals surface area contributed by atoms with Crippen LogP contribution < -0.4 is 9.64 Å². The van der Waals surface area contributed by atoms with E-state index in [9.17, 15) is 14.3 Å². The van der Waals surface area contributed by atoms with E-state index < -0.39 is 23.3 Å². The molecule has 5 atom stereocenters. The number of rotatable bonds is 8. The van der Waals surface area contributed by atoms with Crippen molar-refractivity contribution in [2.45, 2.75) is 63.6 Å². The predicted octanol–water partition coefficient (Wildman–Crippen LogP) is 6.29. The zero-order valence-corrected chi connectivity index (χ0v) is 28.8. The van der Waals surface area contributed by atoms with Crippen LogP contribution in [-0.2, 0) is 11.2 Å². The molecule has 4 fully saturated rings. The summed E-state index contributed by atoms with van der Waals surface area (Å²) in [6.45, 7) is 4.50. The lowest BCUT2D eigenvalue weighted by molar-refractivity contribution is -0.130. The summed E-state index contributed by atoms with van der Waals surface area (Å²) in [5.74, 6) is 0.207. The highest BCUT2D eigenvalue weighted by molar-refractivity contribution is 6.01. The number of carbonyl (C=O) groups is 1. The predicted molar refractivity (Wildman–Crippen MR) is 185 cm³/mol. The molecule has 0 spiro atoms. The lowest BCUT2D eigenvalue weighted by Crippen LogP contribution is -2.44. The number of carbonyl (C=O) groups excluding carboxylic acids is 1. The van der Waals surface area contributed by atoms with Gasteiger partial charge in [0.15, 0.2) is 5.82 Å². The molecule has 264 valence electrons. The largest absolute Gasteiger partial charge is 0.508 e. The van der Waals surface area contributed by atoms with Gasteiger partial charge in [0.1, 0.15) is 41.4 Å². The molecule has 2 aromatic carbocycles. The minimum absolute atomic E-state index is 0.00500. The first-order valence-electron chi connectivity index (χ1n) is 17.8. The normalized spacial score (nSPS) is 26.2. The maximum absolute atomic E-state index is 17.0. The van der Waals surface area contributed by atoms with E-state index in [2.05, 4.69) is 19.8 Å². The summed E-state index contributed by atoms with van der Waals surface area (Å²) in [7, 11) is 3.57. The van der Waals surface area contributed by atoms with Crippen LogP contribution in [0.1, 0.15) is 51.0 Å². The van der Waals surface area contributed by atoms with Crippen molar-refractivity contribution in [1.29, 1.82) is 0 Å². The number of benzene rings is 2. The molecule has 8 rings (SSSR count). The number of pyridine rings is 1. The number of hydrogen-bond acceptors (Lipinski definition) is 8. The van der Waals surface area contributed by atoms with Gasteiger partial charge in [0.25, 0.3) is 0 Å². The molecular formula is C38H43F3N6O3. The van der Waals surface area contributed by atoms with E-state index >= 15 is 8.78 Å². The summed E-state index contributed by atoms with van der Waals surface area (Å²) < 4.78 is 53.0. The van der Waals surface area contributed by atoms with Gasteiger partial charge in [0.05, 0.1) is 10.9 Å². The maximum Gasteiger partial charge on any atom is 0.319 e. The number of amides is 1. The third kappa shape index (κ3) is 5.50. The molecule has 2 aromatic heterocycles. The third-order valence-electron chi connectivity index (χ3n) is 11.9. The Kier molecular flexibility index (Phi) is 8.27. The average molecular weight is 689 g/mol. The van der Waals surface area contributed by atoms with E-state index in [4.69, 9.17) is 9.72 Å². The van der Waals surface area contributed by atoms with E-state index in [1.807, 2.05) is 6.92 Å². The van der Waals surface area contributed by atoms with Crippen LogP contribution in [0.3, 0.4) is 0 Å². The molecule has 3 saturated heterocycles. The van der Waals surface area contributed by atoms with Gasteiger partial charge in [-0.15, -0.1) is 0 Å². The zero-order valence-electron chi connectivity index (χ0n) is 28.8. The Morgan fingerprint density at radius 1 is 1.12 bits per heavy atom. The molecule has 1 unspecified atom stereocenters. The number of ether oxygens (including phenoxy) is 1. The Bertz CT molecular complexity index is 1980. The SMILES string of the molecule is CCc1c(F)ccc2cc(O)cc(-c3ncc4c(N5C[C@H]6CC[C@@H](C5)C6CC(=O)N(C)C)nc(OC[C@@]56CCCN5C[C@H](F)C6)nc4c3F)c12. The van der Waals surface area contributed by atoms with Crippen molar-refractivity contribution in [2.24, 2.45) is 17.8 Å². The number of alkyl halides is 1. The first-order valence-corrected chi connectivity index (χ1v) is 17.8. The summed E-state index contributed by atoms with van der Waals surface area (Å²) in [5, 5.41) is 12.1. The molecule has 9 nitrogen and oxygen atoms in total. The van der Waals surface area contributed by atoms with Gasteiger partial charge in [-0.1, -0.05) is 13.0 Å². The van der Waals surface area contributed by atoms with E-state index in [0.717, 1.165) is 32.2 Å². The monoisotopic (exact) mass is 688 g/mol. The summed E-state index contributed by atoms with van der Waals surface area (Å²) >= 11 is 0. The molecule has 3 aliphatic heterocycles. The van der Waals surface area contributed by atoms with E-state index in [1.54, 1.807) is 31.3 Å². The van der Waals surface area contributed by atoms with Crippen molar-refractivity contribution in [2.75, 3.05) is 51.8 Å². The van der Waals surface area contributed by atoms with Crippen molar-refractivity contribution in [3.63, 3.8) is 0 Å². The number of phenols is 1. The van der Waals surface area contributed by atoms with Crippen LogP contribution in [0.5, 0.6) is 11.8 Å². The van der Waals surface area contributed by atoms with Crippen LogP contribution in [0, 0.1) is 29.4 Å². The summed E-state index contributed by atoms with van der Waals surface area (Å²) in [6, 6.07) is 5.87. The molecule has 4 aliphatic rings. The number of piperidine rings is 1. The summed E-state index contributed by atoms with van der Waals surface area (Å²) in [4.78, 5) is 32.7. The Balaban J connectivity index is 1.23. The van der Waals surface area contributed by atoms with Gasteiger partial charge in [0.2, 0.25) is 5.91 Å². The molecule has 5 heterocycles. The topological polar surface area (TPSA) is 94.9 Å². The van der Waals surface area contributed by atoms with Gasteiger partial charge >= 0.3 is 6.01 Å². The molecule has 1 amide bonds. The van der Waals surface area contributed by atoms with E-state index in [-0.39, 0.29) is 58.8 Å². The van der Waals surface area contributed by atoms with Gasteiger partial charge in [-0.25, -0.2) is 13.2 Å². The highest BCUT2D eigenvalue weighted by Gasteiger charge is 2.49. The number of anilines is 1. The van der Waals surface area contributed by atoms with Gasteiger partial charge in [-0.05, 0) is 90.9 Å². The molecule has 4 aromatic rings. The molecule has 1 aliphatic carbocycles. The fourth-order valence-corrected chi connectivity index (χ4v) is 9.42. The highest BCUT2D eigenvalue weighted by Crippen LogP contribution is 2.47. The van der Waals surface area contributed by atoms with Gasteiger partial charge < -0.3 is 19.6 Å². The molecule has 2 bridgehead atoms. The lowest BCUT2D eigenvalue weighted by Gasteiger charge is -2.39. The number of phenolic OH excluding ortho intramolecular Hbond substituents is 1. The standard InChI is InChI=1S/C38H43F3N6O3/c1-4-26-30(40)9-8-21-12-25(48)13-28(32(21)26)34-33(41)35-29(16-42-34)36(46-17-22-6-7-23(18-46)27(22)14-31(49)45(2)3)44-37(43-35)50-20-38-10-5-11-47(38)19-24(39)15-38/h8-9,12-13,16,22-24,27,48H,4-7,10-11,14-15,17-20H2,1-3H3/t22-,23+,24-,27?,38+/m1/s1. The number of fused-ring (bicyclic) bond motifs is 5. The molecule has 50 heavy (non-hydrogen) atoms. The van der Waals surface area contributed by atoms with E-state index in [1.165, 1.54) is 18.2 Å². The van der Waals surface area contributed by atoms with Crippen molar-refractivity contribution in [1.82, 2.24) is 24.8 Å². The summed E-state index contributed by atoms with van der Waals surface area (Å²) in [5.41, 5.74) is 0.168. The van der Waals surface area contributed by atoms with Gasteiger partial charge in [-0.3, -0.25) is 14.7 Å². The van der Waals surface area contributed by atoms with Crippen LogP contribution in [0.4, 0.5) is 19.0 Å². The molecule has 12 heteroatoms. The Hall–Kier alpha value is -4.19. The third-order valence-corrected chi connectivity index (χ3v) is 11.9. The van der Waals surface area contributed by atoms with Crippen LogP contribution in [-0.4, -0.2) is 94.4 Å². The number of nitrogens with zero attached hydrogens (tertiary/aromatic N) is 6. The van der Waals surface area contributed by atoms with Gasteiger partial charge in [0, 0.05) is 58.3 Å². The highest BCUT2D eigenvalue weighted by atomic mass is 19.1. The van der Waals surface area contributed by atoms with Gasteiger partial charge in [-0.2, -0.15) is 9.97 Å². The Morgan fingerprint density at radius 3 is 2.64 bits per heavy atom.